The maximum absolute atomic E-state index is 14.6. The molecule has 0 fully saturated rings. The minimum absolute atomic E-state index is 0.0814. The number of benzene rings is 2. The van der Waals surface area contributed by atoms with Crippen LogP contribution in [-0.2, 0) is 0 Å². The highest BCUT2D eigenvalue weighted by atomic mass is 35.5. The average Bonchev–Trinajstić information content (AvgIpc) is 2.83. The van der Waals surface area contributed by atoms with Gasteiger partial charge in [-0.05, 0) is 31.2 Å². The first-order valence-electron chi connectivity index (χ1n) is 6.30. The van der Waals surface area contributed by atoms with E-state index in [1.54, 1.807) is 31.2 Å². The molecule has 0 aliphatic heterocycles. The summed E-state index contributed by atoms with van der Waals surface area (Å²) in [6, 6.07) is 8.12. The number of hydrogen-bond donors (Lipinski definition) is 1. The highest BCUT2D eigenvalue weighted by molar-refractivity contribution is 7.21. The molecule has 0 bridgehead atoms. The number of thiophene rings is 1. The molecule has 22 heavy (non-hydrogen) atoms. The largest absolute Gasteiger partial charge is 0.477 e. The number of carbonyl (C=O) groups is 1. The average molecular weight is 355 g/mol. The zero-order valence-corrected chi connectivity index (χ0v) is 13.6. The van der Waals surface area contributed by atoms with E-state index in [0.29, 0.717) is 31.3 Å². The second kappa shape index (κ2) is 5.54. The molecule has 0 spiro atoms. The number of halogens is 3. The molecule has 0 saturated heterocycles. The van der Waals surface area contributed by atoms with E-state index in [2.05, 4.69) is 0 Å². The maximum atomic E-state index is 14.6. The predicted molar refractivity (Wildman–Crippen MR) is 88.9 cm³/mol. The third-order valence-electron chi connectivity index (χ3n) is 3.44. The molecule has 0 amide bonds. The molecule has 0 aliphatic rings. The van der Waals surface area contributed by atoms with E-state index in [-0.39, 0.29) is 10.4 Å². The summed E-state index contributed by atoms with van der Waals surface area (Å²) in [5.74, 6) is -1.61. The van der Waals surface area contributed by atoms with Crippen molar-refractivity contribution in [2.24, 2.45) is 0 Å². The van der Waals surface area contributed by atoms with Crippen LogP contribution in [0.3, 0.4) is 0 Å². The van der Waals surface area contributed by atoms with Gasteiger partial charge in [-0.15, -0.1) is 11.3 Å². The molecular weight excluding hydrogens is 346 g/mol. The van der Waals surface area contributed by atoms with E-state index in [4.69, 9.17) is 23.2 Å². The van der Waals surface area contributed by atoms with Crippen LogP contribution in [0.1, 0.15) is 15.2 Å². The Morgan fingerprint density at radius 3 is 2.64 bits per heavy atom. The summed E-state index contributed by atoms with van der Waals surface area (Å²) in [5.41, 5.74) is 0.887. The maximum Gasteiger partial charge on any atom is 0.346 e. The molecule has 0 unspecified atom stereocenters. The molecule has 0 radical (unpaired) electrons. The van der Waals surface area contributed by atoms with Crippen molar-refractivity contribution >= 4 is 50.6 Å². The molecule has 6 heteroatoms. The number of aromatic carboxylic acids is 1. The normalized spacial score (nSPS) is 11.1. The fraction of sp³-hybridized carbons (Fsp3) is 0.0625. The van der Waals surface area contributed by atoms with Crippen LogP contribution in [0.4, 0.5) is 4.39 Å². The topological polar surface area (TPSA) is 37.3 Å². The summed E-state index contributed by atoms with van der Waals surface area (Å²) in [6.07, 6.45) is 0. The minimum Gasteiger partial charge on any atom is -0.477 e. The Bertz CT molecular complexity index is 918. The lowest BCUT2D eigenvalue weighted by Crippen LogP contribution is -1.97. The summed E-state index contributed by atoms with van der Waals surface area (Å²) in [4.78, 5) is 11.6. The summed E-state index contributed by atoms with van der Waals surface area (Å²) >= 11 is 12.9. The van der Waals surface area contributed by atoms with Crippen LogP contribution in [0.25, 0.3) is 21.2 Å². The molecule has 2 nitrogen and oxygen atoms in total. The number of carboxylic acid groups (broad SMARTS) is 1. The Morgan fingerprint density at radius 2 is 1.95 bits per heavy atom. The zero-order chi connectivity index (χ0) is 16.0. The van der Waals surface area contributed by atoms with Gasteiger partial charge >= 0.3 is 5.97 Å². The van der Waals surface area contributed by atoms with E-state index >= 15 is 0 Å². The molecule has 0 atom stereocenters. The predicted octanol–water partition coefficient (Wildman–Crippen LogP) is 6.02. The van der Waals surface area contributed by atoms with Crippen molar-refractivity contribution in [3.63, 3.8) is 0 Å². The minimum atomic E-state index is -1.10. The molecule has 112 valence electrons. The second-order valence-electron chi connectivity index (χ2n) is 4.79. The summed E-state index contributed by atoms with van der Waals surface area (Å²) < 4.78 is 15.3. The van der Waals surface area contributed by atoms with Crippen molar-refractivity contribution in [3.8, 4) is 11.1 Å². The van der Waals surface area contributed by atoms with Gasteiger partial charge in [-0.25, -0.2) is 9.18 Å². The van der Waals surface area contributed by atoms with Gasteiger partial charge in [-0.1, -0.05) is 29.3 Å². The smallest absolute Gasteiger partial charge is 0.346 e. The van der Waals surface area contributed by atoms with Gasteiger partial charge in [-0.3, -0.25) is 0 Å². The lowest BCUT2D eigenvalue weighted by atomic mass is 9.99. The van der Waals surface area contributed by atoms with E-state index in [1.165, 1.54) is 6.07 Å². The molecular formula is C16H9Cl2FO2S. The van der Waals surface area contributed by atoms with Crippen LogP contribution < -0.4 is 0 Å². The molecule has 1 heterocycles. The van der Waals surface area contributed by atoms with E-state index in [1.807, 2.05) is 0 Å². The van der Waals surface area contributed by atoms with Gasteiger partial charge in [0.15, 0.2) is 0 Å². The SMILES string of the molecule is Cc1c(Cl)ccc(-c2c(C(=O)O)sc3cc(Cl)ccc23)c1F. The zero-order valence-electron chi connectivity index (χ0n) is 11.3. The highest BCUT2D eigenvalue weighted by Crippen LogP contribution is 2.42. The first-order valence-corrected chi connectivity index (χ1v) is 7.87. The van der Waals surface area contributed by atoms with E-state index < -0.39 is 11.8 Å². The van der Waals surface area contributed by atoms with Crippen LogP contribution in [0.5, 0.6) is 0 Å². The fourth-order valence-corrected chi connectivity index (χ4v) is 3.82. The monoisotopic (exact) mass is 354 g/mol. The molecule has 1 aromatic heterocycles. The third kappa shape index (κ3) is 2.37. The molecule has 0 saturated carbocycles. The number of hydrogen-bond acceptors (Lipinski definition) is 2. The van der Waals surface area contributed by atoms with Gasteiger partial charge in [0.1, 0.15) is 10.7 Å². The van der Waals surface area contributed by atoms with Gasteiger partial charge in [0.05, 0.1) is 0 Å². The van der Waals surface area contributed by atoms with Gasteiger partial charge in [-0.2, -0.15) is 0 Å². The van der Waals surface area contributed by atoms with Crippen molar-refractivity contribution < 1.29 is 14.3 Å². The first-order chi connectivity index (χ1) is 10.4. The van der Waals surface area contributed by atoms with E-state index in [9.17, 15) is 14.3 Å². The first kappa shape index (κ1) is 15.3. The molecule has 0 aliphatic carbocycles. The van der Waals surface area contributed by atoms with Crippen molar-refractivity contribution in [1.29, 1.82) is 0 Å². The Labute approximate surface area is 139 Å². The number of fused-ring (bicyclic) bond motifs is 1. The van der Waals surface area contributed by atoms with Crippen LogP contribution >= 0.6 is 34.5 Å². The van der Waals surface area contributed by atoms with Crippen LogP contribution in [0, 0.1) is 12.7 Å². The van der Waals surface area contributed by atoms with Gasteiger partial charge < -0.3 is 5.11 Å². The van der Waals surface area contributed by atoms with Crippen molar-refractivity contribution in [3.05, 3.63) is 56.6 Å². The lowest BCUT2D eigenvalue weighted by Gasteiger charge is -2.08. The Balaban J connectivity index is 2.41. The second-order valence-corrected chi connectivity index (χ2v) is 6.68. The van der Waals surface area contributed by atoms with Crippen molar-refractivity contribution in [2.75, 3.05) is 0 Å². The summed E-state index contributed by atoms with van der Waals surface area (Å²) in [5, 5.41) is 10.9. The third-order valence-corrected chi connectivity index (χ3v) is 5.22. The molecule has 3 rings (SSSR count). The Kier molecular flexibility index (Phi) is 3.85. The quantitative estimate of drug-likeness (QED) is 0.610. The van der Waals surface area contributed by atoms with Crippen LogP contribution in [0.15, 0.2) is 30.3 Å². The number of carboxylic acids is 1. The molecule has 2 aromatic carbocycles. The summed E-state index contributed by atoms with van der Waals surface area (Å²) in [6.45, 7) is 1.56. The van der Waals surface area contributed by atoms with Crippen molar-refractivity contribution in [2.45, 2.75) is 6.92 Å². The van der Waals surface area contributed by atoms with Crippen molar-refractivity contribution in [1.82, 2.24) is 0 Å². The van der Waals surface area contributed by atoms with Gasteiger partial charge in [0, 0.05) is 36.8 Å². The lowest BCUT2D eigenvalue weighted by molar-refractivity contribution is 0.0703. The summed E-state index contributed by atoms with van der Waals surface area (Å²) in [7, 11) is 0. The van der Waals surface area contributed by atoms with Crippen LogP contribution in [0.2, 0.25) is 10.0 Å². The standard InChI is InChI=1S/C16H9Cl2FO2S/c1-7-11(18)5-4-10(14(7)19)13-9-3-2-8(17)6-12(9)22-15(13)16(20)21/h2-6H,1H3,(H,20,21). The van der Waals surface area contributed by atoms with Crippen LogP contribution in [-0.4, -0.2) is 11.1 Å². The van der Waals surface area contributed by atoms with Gasteiger partial charge in [0.25, 0.3) is 0 Å². The van der Waals surface area contributed by atoms with E-state index in [0.717, 1.165) is 11.3 Å². The molecule has 1 N–H and O–H groups in total. The highest BCUT2D eigenvalue weighted by Gasteiger charge is 2.22. The number of rotatable bonds is 2. The fourth-order valence-electron chi connectivity index (χ4n) is 2.34. The Hall–Kier alpha value is -1.62. The van der Waals surface area contributed by atoms with Gasteiger partial charge in [0.2, 0.25) is 0 Å². The molecule has 3 aromatic rings. The Morgan fingerprint density at radius 1 is 1.23 bits per heavy atom.